The van der Waals surface area contributed by atoms with Crippen molar-refractivity contribution in [2.24, 2.45) is 0 Å². The van der Waals surface area contributed by atoms with E-state index in [2.05, 4.69) is 24.8 Å². The third kappa shape index (κ3) is 8.38. The van der Waals surface area contributed by atoms with Crippen LogP contribution in [0.25, 0.3) is 44.3 Å². The molecule has 4 saturated heterocycles. The van der Waals surface area contributed by atoms with Gasteiger partial charge in [-0.15, -0.1) is 0 Å². The number of fused-ring (bicyclic) bond motifs is 2. The van der Waals surface area contributed by atoms with Gasteiger partial charge in [0, 0.05) is 47.8 Å². The Kier molecular flexibility index (Phi) is 11.6. The van der Waals surface area contributed by atoms with Crippen molar-refractivity contribution in [3.8, 4) is 22.3 Å². The fraction of sp³-hybridized carbons (Fsp3) is 0.417. The van der Waals surface area contributed by atoms with Crippen LogP contribution in [0.1, 0.15) is 110 Å². The minimum absolute atomic E-state index is 0.0289. The molecule has 356 valence electrons. The van der Waals surface area contributed by atoms with Gasteiger partial charge >= 0.3 is 0 Å². The Hall–Kier alpha value is -6.28. The molecule has 2 atom stereocenters. The molecule has 0 unspecified atom stereocenters. The van der Waals surface area contributed by atoms with Crippen LogP contribution < -0.4 is 10.2 Å². The molecule has 0 radical (unpaired) electrons. The Balaban J connectivity index is 0.000000163. The quantitative estimate of drug-likeness (QED) is 0.160. The number of nitrogens with one attached hydrogen (secondary N) is 1. The van der Waals surface area contributed by atoms with Gasteiger partial charge in [-0.25, -0.2) is 35.6 Å². The molecule has 16 nitrogen and oxygen atoms in total. The van der Waals surface area contributed by atoms with Crippen molar-refractivity contribution in [2.45, 2.75) is 103 Å². The summed E-state index contributed by atoms with van der Waals surface area (Å²) in [5.74, 6) is 1.19. The number of hydrogen-bond acceptors (Lipinski definition) is 12. The molecule has 7 aromatic rings. The molecule has 4 aliphatic heterocycles. The number of amides is 2. The van der Waals surface area contributed by atoms with Crippen molar-refractivity contribution in [3.63, 3.8) is 0 Å². The fourth-order valence-electron chi connectivity index (χ4n) is 10.6. The molecule has 4 fully saturated rings. The van der Waals surface area contributed by atoms with E-state index >= 15 is 0 Å². The monoisotopic (exact) mass is 968 g/mol. The first kappa shape index (κ1) is 45.5. The lowest BCUT2D eigenvalue weighted by molar-refractivity contribution is -0.119. The highest BCUT2D eigenvalue weighted by Crippen LogP contribution is 2.42. The van der Waals surface area contributed by atoms with Gasteiger partial charge in [-0.05, 0) is 114 Å². The van der Waals surface area contributed by atoms with Crippen LogP contribution >= 0.6 is 0 Å². The number of benzene rings is 3. The number of carbonyl (C=O) groups excluding carboxylic acids is 2. The van der Waals surface area contributed by atoms with Crippen LogP contribution in [-0.2, 0) is 29.3 Å². The summed E-state index contributed by atoms with van der Waals surface area (Å²) < 4.78 is 91.0. The summed E-state index contributed by atoms with van der Waals surface area (Å²) in [5, 5.41) is 11.1. The second kappa shape index (κ2) is 17.4. The van der Waals surface area contributed by atoms with Gasteiger partial charge in [0.1, 0.15) is 42.8 Å². The Labute approximate surface area is 390 Å². The van der Waals surface area contributed by atoms with Crippen molar-refractivity contribution in [1.29, 1.82) is 0 Å². The maximum atomic E-state index is 14.1. The summed E-state index contributed by atoms with van der Waals surface area (Å²) in [6, 6.07) is 14.6. The Bertz CT molecular complexity index is 3330. The summed E-state index contributed by atoms with van der Waals surface area (Å²) in [4.78, 5) is 36.2. The number of rotatable bonds is 7. The smallest absolute Gasteiger partial charge is 0.227 e. The van der Waals surface area contributed by atoms with E-state index in [1.54, 1.807) is 0 Å². The topological polar surface area (TPSA) is 205 Å². The molecule has 20 heteroatoms. The van der Waals surface area contributed by atoms with Gasteiger partial charge in [-0.2, -0.15) is 0 Å². The number of nitrogens with zero attached hydrogens (tertiary/aromatic N) is 7. The predicted octanol–water partition coefficient (Wildman–Crippen LogP) is 8.21. The lowest BCUT2D eigenvalue weighted by atomic mass is 10.0. The van der Waals surface area contributed by atoms with Crippen LogP contribution in [0.5, 0.6) is 0 Å². The predicted molar refractivity (Wildman–Crippen MR) is 249 cm³/mol. The van der Waals surface area contributed by atoms with E-state index in [-0.39, 0.29) is 65.1 Å². The number of carbonyl (C=O) groups is 2. The van der Waals surface area contributed by atoms with E-state index in [1.165, 1.54) is 11.0 Å². The van der Waals surface area contributed by atoms with E-state index in [0.717, 1.165) is 73.9 Å². The number of aryl methyl sites for hydroxylation is 4. The zero-order valence-corrected chi connectivity index (χ0v) is 39.6. The van der Waals surface area contributed by atoms with Crippen molar-refractivity contribution in [2.75, 3.05) is 27.9 Å². The highest BCUT2D eigenvalue weighted by molar-refractivity contribution is 7.91. The second-order valence-electron chi connectivity index (χ2n) is 18.3. The molecule has 0 bridgehead atoms. The number of anilines is 1. The normalized spacial score (nSPS) is 20.9. The van der Waals surface area contributed by atoms with E-state index in [9.17, 15) is 35.2 Å². The molecule has 11 rings (SSSR count). The number of hydrogen-bond donors (Lipinski definition) is 1. The summed E-state index contributed by atoms with van der Waals surface area (Å²) >= 11 is 0. The highest BCUT2D eigenvalue weighted by atomic mass is 32.2. The first-order chi connectivity index (χ1) is 32.4. The minimum Gasteiger partial charge on any atom is -0.361 e. The van der Waals surface area contributed by atoms with Crippen LogP contribution in [0, 0.1) is 39.3 Å². The molecule has 1 N–H and O–H groups in total. The zero-order chi connectivity index (χ0) is 47.8. The third-order valence-electron chi connectivity index (χ3n) is 13.9. The molecular formula is C48H50F2N8O8S2. The SMILES string of the molecule is Cc1noc(C)c1-c1ccc2c(c1)nc([C@@H]1CCC(=O)N1)n2C1CCS(=O)(=O)CC1.Cc1noc(C)c1-c1ccc2c(c1)nc([C@@H]1CCC(=O)N1c1ccc(F)c(F)c1)n2C1CCS(=O)(=O)CC1. The van der Waals surface area contributed by atoms with Crippen LogP contribution in [0.4, 0.5) is 14.5 Å². The van der Waals surface area contributed by atoms with Crippen LogP contribution in [0.3, 0.4) is 0 Å². The lowest BCUT2D eigenvalue weighted by Crippen LogP contribution is -2.32. The van der Waals surface area contributed by atoms with Crippen LogP contribution in [-0.4, -0.2) is 81.1 Å². The molecule has 0 spiro atoms. The number of sulfone groups is 2. The van der Waals surface area contributed by atoms with E-state index in [1.807, 2.05) is 64.1 Å². The molecule has 4 aromatic heterocycles. The summed E-state index contributed by atoms with van der Waals surface area (Å²) in [5.41, 5.74) is 8.86. The second-order valence-corrected chi connectivity index (χ2v) is 22.9. The largest absolute Gasteiger partial charge is 0.361 e. The fourth-order valence-corrected chi connectivity index (χ4v) is 13.5. The molecule has 2 amide bonds. The Morgan fingerprint density at radius 3 is 1.60 bits per heavy atom. The Morgan fingerprint density at radius 1 is 0.618 bits per heavy atom. The summed E-state index contributed by atoms with van der Waals surface area (Å²) in [7, 11) is -6.07. The number of aromatic nitrogens is 6. The first-order valence-corrected chi connectivity index (χ1v) is 26.5. The van der Waals surface area contributed by atoms with Gasteiger partial charge in [-0.3, -0.25) is 9.59 Å². The standard InChI is InChI=1S/C27H26F2N4O4S.C21H24N4O4S/c1-15-26(16(2)37-31-15)17-3-6-23-22(13-17)30-27(33(23)18-9-11-38(35,36)12-10-18)24-7-8-25(34)32(24)19-4-5-20(28)21(29)14-19;1-12-20(13(2)29-24-12)14-3-5-18-17(11-14)23-21(16-4-6-19(26)22-16)25(18)15-7-9-30(27,28)10-8-15/h3-6,13-14,18,24H,7-12H2,1-2H3;3,5,11,15-16H,4,6-10H2,1-2H3,(H,22,26)/t24-;16-/m00/s1. The molecule has 8 heterocycles. The molecule has 3 aromatic carbocycles. The number of imidazole rings is 2. The lowest BCUT2D eigenvalue weighted by Gasteiger charge is -2.30. The van der Waals surface area contributed by atoms with Crippen LogP contribution in [0.15, 0.2) is 63.6 Å². The van der Waals surface area contributed by atoms with E-state index in [4.69, 9.17) is 19.0 Å². The molecule has 0 saturated carbocycles. The van der Waals surface area contributed by atoms with Gasteiger partial charge < -0.3 is 28.4 Å². The minimum atomic E-state index is -3.10. The maximum Gasteiger partial charge on any atom is 0.227 e. The van der Waals surface area contributed by atoms with Crippen molar-refractivity contribution < 1.29 is 44.3 Å². The van der Waals surface area contributed by atoms with Gasteiger partial charge in [0.2, 0.25) is 11.8 Å². The number of halogens is 2. The van der Waals surface area contributed by atoms with E-state index < -0.39 is 37.4 Å². The molecule has 0 aliphatic carbocycles. The zero-order valence-electron chi connectivity index (χ0n) is 38.0. The molecule has 68 heavy (non-hydrogen) atoms. The average Bonchev–Trinajstić information content (AvgIpc) is 4.17. The Morgan fingerprint density at radius 2 is 1.13 bits per heavy atom. The van der Waals surface area contributed by atoms with Gasteiger partial charge in [0.15, 0.2) is 11.6 Å². The van der Waals surface area contributed by atoms with Crippen molar-refractivity contribution in [1.82, 2.24) is 34.7 Å². The van der Waals surface area contributed by atoms with Gasteiger partial charge in [-0.1, -0.05) is 22.4 Å². The average molecular weight is 969 g/mol. The van der Waals surface area contributed by atoms with Crippen LogP contribution in [0.2, 0.25) is 0 Å². The molecule has 4 aliphatic rings. The third-order valence-corrected chi connectivity index (χ3v) is 17.3. The first-order valence-electron chi connectivity index (χ1n) is 22.8. The van der Waals surface area contributed by atoms with E-state index in [0.29, 0.717) is 62.0 Å². The highest BCUT2D eigenvalue weighted by Gasteiger charge is 2.39. The summed E-state index contributed by atoms with van der Waals surface area (Å²) in [6.07, 6.45) is 3.84. The van der Waals surface area contributed by atoms with Gasteiger partial charge in [0.25, 0.3) is 0 Å². The molecular weight excluding hydrogens is 919 g/mol. The van der Waals surface area contributed by atoms with Crippen molar-refractivity contribution >= 4 is 59.2 Å². The maximum absolute atomic E-state index is 14.1. The summed E-state index contributed by atoms with van der Waals surface area (Å²) in [6.45, 7) is 7.51. The van der Waals surface area contributed by atoms with Gasteiger partial charge in [0.05, 0.1) is 68.5 Å². The van der Waals surface area contributed by atoms with Crippen molar-refractivity contribution in [3.05, 3.63) is 101 Å².